The Bertz CT molecular complexity index is 1000. The van der Waals surface area contributed by atoms with Gasteiger partial charge in [-0.1, -0.05) is 107 Å². The Morgan fingerprint density at radius 2 is 1.10 bits per heavy atom. The van der Waals surface area contributed by atoms with Crippen LogP contribution in [-0.4, -0.2) is 70.0 Å². The number of nitrogens with zero attached hydrogens (tertiary/aromatic N) is 1. The first-order valence-electron chi connectivity index (χ1n) is 19.3. The third kappa shape index (κ3) is 35.8. The molecule has 0 bridgehead atoms. The van der Waals surface area contributed by atoms with E-state index >= 15 is 0 Å². The maximum absolute atomic E-state index is 12.6. The second-order valence-corrected chi connectivity index (χ2v) is 15.3. The average Bonchev–Trinajstić information content (AvgIpc) is 3.06. The number of quaternary nitrogens is 1. The Kier molecular flexibility index (Phi) is 31.5. The summed E-state index contributed by atoms with van der Waals surface area (Å²) in [5.74, 6) is -0.897. The smallest absolute Gasteiger partial charge is 0.306 e. The first-order chi connectivity index (χ1) is 24.0. The lowest BCUT2D eigenvalue weighted by Crippen LogP contribution is -2.37. The van der Waals surface area contributed by atoms with Crippen LogP contribution < -0.4 is 4.89 Å². The van der Waals surface area contributed by atoms with Crippen molar-refractivity contribution in [3.05, 3.63) is 48.6 Å². The van der Waals surface area contributed by atoms with Gasteiger partial charge in [-0.15, -0.1) is 0 Å². The monoisotopic (exact) mass is 725 g/mol. The van der Waals surface area contributed by atoms with E-state index < -0.39 is 32.5 Å². The van der Waals surface area contributed by atoms with Gasteiger partial charge in [-0.25, -0.2) is 0 Å². The largest absolute Gasteiger partial charge is 0.756 e. The highest BCUT2D eigenvalue weighted by Crippen LogP contribution is 2.38. The van der Waals surface area contributed by atoms with Gasteiger partial charge in [-0.2, -0.15) is 0 Å². The molecular formula is C40H72NO8P. The van der Waals surface area contributed by atoms with Gasteiger partial charge in [-0.3, -0.25) is 14.2 Å². The molecule has 0 aromatic heterocycles. The minimum Gasteiger partial charge on any atom is -0.756 e. The zero-order valence-corrected chi connectivity index (χ0v) is 33.2. The van der Waals surface area contributed by atoms with Gasteiger partial charge in [-0.05, 0) is 70.6 Å². The van der Waals surface area contributed by atoms with Crippen molar-refractivity contribution in [2.75, 3.05) is 47.5 Å². The Morgan fingerprint density at radius 1 is 0.620 bits per heavy atom. The van der Waals surface area contributed by atoms with Crippen LogP contribution in [0.2, 0.25) is 0 Å². The molecule has 0 radical (unpaired) electrons. The molecule has 1 unspecified atom stereocenters. The Morgan fingerprint density at radius 3 is 1.72 bits per heavy atom. The topological polar surface area (TPSA) is 111 Å². The molecule has 0 saturated heterocycles. The molecule has 0 aromatic carbocycles. The minimum atomic E-state index is -4.63. The Labute approximate surface area is 305 Å². The molecule has 50 heavy (non-hydrogen) atoms. The number of phosphoric ester groups is 1. The molecule has 0 amide bonds. The molecular weight excluding hydrogens is 653 g/mol. The first-order valence-corrected chi connectivity index (χ1v) is 20.8. The highest BCUT2D eigenvalue weighted by molar-refractivity contribution is 7.45. The van der Waals surface area contributed by atoms with Crippen LogP contribution in [0.15, 0.2) is 48.6 Å². The fourth-order valence-corrected chi connectivity index (χ4v) is 5.43. The molecule has 0 heterocycles. The summed E-state index contributed by atoms with van der Waals surface area (Å²) in [5, 5.41) is 0. The Hall–Kier alpha value is -2.03. The van der Waals surface area contributed by atoms with E-state index in [0.717, 1.165) is 70.6 Å². The van der Waals surface area contributed by atoms with Gasteiger partial charge >= 0.3 is 11.9 Å². The quantitative estimate of drug-likeness (QED) is 0.0212. The number of hydrogen-bond donors (Lipinski definition) is 0. The van der Waals surface area contributed by atoms with E-state index in [1.54, 1.807) is 0 Å². The maximum atomic E-state index is 12.6. The minimum absolute atomic E-state index is 0.0410. The summed E-state index contributed by atoms with van der Waals surface area (Å²) in [4.78, 5) is 37.3. The van der Waals surface area contributed by atoms with E-state index in [9.17, 15) is 19.0 Å². The summed E-state index contributed by atoms with van der Waals surface area (Å²) in [5.41, 5.74) is 0. The molecule has 0 saturated carbocycles. The van der Waals surface area contributed by atoms with Gasteiger partial charge in [0.05, 0.1) is 27.7 Å². The molecule has 2 atom stereocenters. The number of carbonyl (C=O) groups is 2. The number of rotatable bonds is 34. The molecule has 10 heteroatoms. The van der Waals surface area contributed by atoms with E-state index in [0.29, 0.717) is 23.9 Å². The average molecular weight is 726 g/mol. The van der Waals surface area contributed by atoms with Crippen LogP contribution in [0.3, 0.4) is 0 Å². The summed E-state index contributed by atoms with van der Waals surface area (Å²) in [6.45, 7) is 4.07. The number of unbranched alkanes of at least 4 members (excludes halogenated alkanes) is 12. The van der Waals surface area contributed by atoms with Gasteiger partial charge in [0.2, 0.25) is 0 Å². The van der Waals surface area contributed by atoms with Crippen LogP contribution in [0, 0.1) is 0 Å². The lowest BCUT2D eigenvalue weighted by Gasteiger charge is -2.28. The summed E-state index contributed by atoms with van der Waals surface area (Å²) >= 11 is 0. The summed E-state index contributed by atoms with van der Waals surface area (Å²) in [6.07, 6.45) is 35.7. The number of esters is 2. The summed E-state index contributed by atoms with van der Waals surface area (Å²) in [6, 6.07) is 0. The van der Waals surface area contributed by atoms with Crippen molar-refractivity contribution in [3.8, 4) is 0 Å². The summed E-state index contributed by atoms with van der Waals surface area (Å²) < 4.78 is 33.7. The number of allylic oxidation sites excluding steroid dienone is 8. The lowest BCUT2D eigenvalue weighted by atomic mass is 10.1. The van der Waals surface area contributed by atoms with Gasteiger partial charge in [0.15, 0.2) is 6.10 Å². The van der Waals surface area contributed by atoms with Crippen LogP contribution in [0.4, 0.5) is 0 Å². The van der Waals surface area contributed by atoms with Crippen LogP contribution in [0.5, 0.6) is 0 Å². The van der Waals surface area contributed by atoms with E-state index in [4.69, 9.17) is 18.5 Å². The van der Waals surface area contributed by atoms with Crippen LogP contribution in [-0.2, 0) is 32.7 Å². The SMILES string of the molecule is CCCC/C=C/CCCCCCCC(=O)OC[C@H](COP(=O)([O-])OCC[N+](C)(C)C)OC(=O)CCCC/C=C/C/C=C/C/C=C/CCCCC. The van der Waals surface area contributed by atoms with Crippen molar-refractivity contribution < 1.29 is 42.1 Å². The first kappa shape index (κ1) is 48.0. The predicted molar refractivity (Wildman–Crippen MR) is 203 cm³/mol. The zero-order valence-electron chi connectivity index (χ0n) is 32.3. The molecule has 0 spiro atoms. The number of ether oxygens (including phenoxy) is 2. The fourth-order valence-electron chi connectivity index (χ4n) is 4.70. The number of hydrogen-bond acceptors (Lipinski definition) is 8. The highest BCUT2D eigenvalue weighted by Gasteiger charge is 2.21. The van der Waals surface area contributed by atoms with Crippen molar-refractivity contribution >= 4 is 19.8 Å². The molecule has 9 nitrogen and oxygen atoms in total. The van der Waals surface area contributed by atoms with E-state index in [1.807, 2.05) is 21.1 Å². The highest BCUT2D eigenvalue weighted by atomic mass is 31.2. The molecule has 0 aromatic rings. The Balaban J connectivity index is 4.54. The fraction of sp³-hybridized carbons (Fsp3) is 0.750. The van der Waals surface area contributed by atoms with Crippen LogP contribution in [0.25, 0.3) is 0 Å². The second-order valence-electron chi connectivity index (χ2n) is 13.9. The third-order valence-electron chi connectivity index (χ3n) is 7.82. The maximum Gasteiger partial charge on any atom is 0.306 e. The molecule has 0 aliphatic carbocycles. The van der Waals surface area contributed by atoms with Gasteiger partial charge in [0, 0.05) is 12.8 Å². The van der Waals surface area contributed by atoms with Crippen molar-refractivity contribution in [1.29, 1.82) is 0 Å². The van der Waals surface area contributed by atoms with Gasteiger partial charge < -0.3 is 27.9 Å². The third-order valence-corrected chi connectivity index (χ3v) is 8.79. The normalized spacial score (nSPS) is 14.3. The van der Waals surface area contributed by atoms with E-state index in [1.165, 1.54) is 32.1 Å². The van der Waals surface area contributed by atoms with Crippen molar-refractivity contribution in [2.45, 2.75) is 148 Å². The number of carbonyl (C=O) groups excluding carboxylic acids is 2. The standard InChI is InChI=1S/C40H72NO8P/c1-6-8-10-12-14-16-18-19-20-21-23-25-27-29-31-33-40(43)49-38(37-48-50(44,45)47-35-34-41(3,4)5)36-46-39(42)32-30-28-26-24-22-17-15-13-11-9-7-2/h13-16,19-20,23,25,38H,6-12,17-18,21-22,24,26-37H2,1-5H3/b15-13+,16-14+,20-19+,25-23+/t38-/m1/s1. The molecule has 0 aliphatic rings. The molecule has 290 valence electrons. The van der Waals surface area contributed by atoms with Crippen molar-refractivity contribution in [2.24, 2.45) is 0 Å². The van der Waals surface area contributed by atoms with Crippen LogP contribution >= 0.6 is 7.82 Å². The predicted octanol–water partition coefficient (Wildman–Crippen LogP) is 9.72. The van der Waals surface area contributed by atoms with E-state index in [-0.39, 0.29) is 26.1 Å². The van der Waals surface area contributed by atoms with Crippen LogP contribution in [0.1, 0.15) is 142 Å². The molecule has 0 rings (SSSR count). The zero-order chi connectivity index (χ0) is 37.2. The van der Waals surface area contributed by atoms with E-state index in [2.05, 4.69) is 62.5 Å². The lowest BCUT2D eigenvalue weighted by molar-refractivity contribution is -0.870. The number of phosphoric acid groups is 1. The molecule has 0 aliphatic heterocycles. The summed E-state index contributed by atoms with van der Waals surface area (Å²) in [7, 11) is 1.13. The molecule has 0 N–H and O–H groups in total. The van der Waals surface area contributed by atoms with Crippen molar-refractivity contribution in [1.82, 2.24) is 0 Å². The van der Waals surface area contributed by atoms with Crippen molar-refractivity contribution in [3.63, 3.8) is 0 Å². The molecule has 0 fully saturated rings. The van der Waals surface area contributed by atoms with Gasteiger partial charge in [0.1, 0.15) is 19.8 Å². The van der Waals surface area contributed by atoms with Gasteiger partial charge in [0.25, 0.3) is 7.82 Å². The second kappa shape index (κ2) is 32.8. The number of likely N-dealkylation sites (N-methyl/N-ethyl adjacent to an activating group) is 1.